The van der Waals surface area contributed by atoms with Crippen LogP contribution in [0, 0.1) is 11.7 Å². The number of piperidine rings is 1. The minimum absolute atomic E-state index is 0.00483. The SMILES string of the molecule is O=C(c1ccc2c(c1)OCO2)N1CCCC(COc2ccc(F)cc2)C1. The second-order valence-electron chi connectivity index (χ2n) is 6.59. The molecule has 1 fully saturated rings. The molecule has 26 heavy (non-hydrogen) atoms. The highest BCUT2D eigenvalue weighted by atomic mass is 19.1. The molecule has 4 rings (SSSR count). The number of carbonyl (C=O) groups excluding carboxylic acids is 1. The van der Waals surface area contributed by atoms with Gasteiger partial charge in [0.15, 0.2) is 11.5 Å². The highest BCUT2D eigenvalue weighted by Crippen LogP contribution is 2.33. The Morgan fingerprint density at radius 2 is 1.96 bits per heavy atom. The fraction of sp³-hybridized carbons (Fsp3) is 0.350. The third kappa shape index (κ3) is 3.59. The lowest BCUT2D eigenvalue weighted by molar-refractivity contribution is 0.0633. The fourth-order valence-corrected chi connectivity index (χ4v) is 3.34. The van der Waals surface area contributed by atoms with E-state index in [4.69, 9.17) is 14.2 Å². The Bertz CT molecular complexity index is 793. The van der Waals surface area contributed by atoms with Gasteiger partial charge in [-0.05, 0) is 55.3 Å². The van der Waals surface area contributed by atoms with Gasteiger partial charge in [-0.2, -0.15) is 0 Å². The maximum Gasteiger partial charge on any atom is 0.254 e. The first-order valence-corrected chi connectivity index (χ1v) is 8.76. The highest BCUT2D eigenvalue weighted by Gasteiger charge is 2.26. The van der Waals surface area contributed by atoms with Crippen LogP contribution in [0.15, 0.2) is 42.5 Å². The number of rotatable bonds is 4. The number of carbonyl (C=O) groups is 1. The van der Waals surface area contributed by atoms with Gasteiger partial charge in [0.25, 0.3) is 5.91 Å². The molecule has 2 aliphatic heterocycles. The van der Waals surface area contributed by atoms with Gasteiger partial charge in [-0.25, -0.2) is 4.39 Å². The minimum Gasteiger partial charge on any atom is -0.493 e. The summed E-state index contributed by atoms with van der Waals surface area (Å²) in [5, 5.41) is 0. The standard InChI is InChI=1S/C20H20FNO4/c21-16-4-6-17(7-5-16)24-12-14-2-1-9-22(11-14)20(23)15-3-8-18-19(10-15)26-13-25-18/h3-8,10,14H,1-2,9,11-13H2. The van der Waals surface area contributed by atoms with Gasteiger partial charge >= 0.3 is 0 Å². The first-order valence-electron chi connectivity index (χ1n) is 8.76. The zero-order chi connectivity index (χ0) is 17.9. The maximum atomic E-state index is 12.9. The predicted molar refractivity (Wildman–Crippen MR) is 93.1 cm³/mol. The van der Waals surface area contributed by atoms with Gasteiger partial charge in [0, 0.05) is 24.6 Å². The van der Waals surface area contributed by atoms with Crippen molar-refractivity contribution in [2.45, 2.75) is 12.8 Å². The van der Waals surface area contributed by atoms with E-state index < -0.39 is 0 Å². The zero-order valence-electron chi connectivity index (χ0n) is 14.3. The third-order valence-electron chi connectivity index (χ3n) is 4.73. The summed E-state index contributed by atoms with van der Waals surface area (Å²) in [6.07, 6.45) is 1.94. The van der Waals surface area contributed by atoms with Crippen LogP contribution in [0.5, 0.6) is 17.2 Å². The van der Waals surface area contributed by atoms with Gasteiger partial charge in [-0.3, -0.25) is 4.79 Å². The van der Waals surface area contributed by atoms with Crippen molar-refractivity contribution in [1.29, 1.82) is 0 Å². The number of benzene rings is 2. The second kappa shape index (κ2) is 7.23. The molecule has 0 N–H and O–H groups in total. The zero-order valence-corrected chi connectivity index (χ0v) is 14.3. The van der Waals surface area contributed by atoms with Gasteiger partial charge in [0.2, 0.25) is 6.79 Å². The van der Waals surface area contributed by atoms with Gasteiger partial charge in [-0.1, -0.05) is 0 Å². The molecule has 5 nitrogen and oxygen atoms in total. The topological polar surface area (TPSA) is 48.0 Å². The van der Waals surface area contributed by atoms with E-state index in [0.717, 1.165) is 19.4 Å². The number of amides is 1. The summed E-state index contributed by atoms with van der Waals surface area (Å²) in [5.74, 6) is 1.90. The molecule has 0 saturated carbocycles. The molecule has 2 aromatic carbocycles. The average molecular weight is 357 g/mol. The van der Waals surface area contributed by atoms with E-state index in [1.807, 2.05) is 4.90 Å². The average Bonchev–Trinajstić information content (AvgIpc) is 3.15. The molecular weight excluding hydrogens is 337 g/mol. The van der Waals surface area contributed by atoms with Crippen LogP contribution in [-0.4, -0.2) is 37.3 Å². The number of fused-ring (bicyclic) bond motifs is 1. The smallest absolute Gasteiger partial charge is 0.254 e. The summed E-state index contributed by atoms with van der Waals surface area (Å²) in [5.41, 5.74) is 0.606. The maximum absolute atomic E-state index is 12.9. The van der Waals surface area contributed by atoms with Gasteiger partial charge in [-0.15, -0.1) is 0 Å². The van der Waals surface area contributed by atoms with Crippen molar-refractivity contribution in [2.24, 2.45) is 5.92 Å². The van der Waals surface area contributed by atoms with Crippen molar-refractivity contribution in [2.75, 3.05) is 26.5 Å². The molecule has 1 saturated heterocycles. The molecule has 0 radical (unpaired) electrons. The highest BCUT2D eigenvalue weighted by molar-refractivity contribution is 5.95. The fourth-order valence-electron chi connectivity index (χ4n) is 3.34. The molecule has 0 spiro atoms. The number of halogens is 1. The molecule has 1 unspecified atom stereocenters. The molecule has 1 amide bonds. The van der Waals surface area contributed by atoms with Crippen LogP contribution >= 0.6 is 0 Å². The summed E-state index contributed by atoms with van der Waals surface area (Å²) in [7, 11) is 0. The van der Waals surface area contributed by atoms with Crippen LogP contribution in [0.1, 0.15) is 23.2 Å². The number of nitrogens with zero attached hydrogens (tertiary/aromatic N) is 1. The summed E-state index contributed by atoms with van der Waals surface area (Å²) < 4.78 is 29.3. The lowest BCUT2D eigenvalue weighted by Crippen LogP contribution is -2.41. The molecule has 2 aromatic rings. The molecule has 2 heterocycles. The molecule has 0 bridgehead atoms. The van der Waals surface area contributed by atoms with E-state index in [9.17, 15) is 9.18 Å². The molecule has 6 heteroatoms. The summed E-state index contributed by atoms with van der Waals surface area (Å²) in [6, 6.07) is 11.3. The van der Waals surface area contributed by atoms with Gasteiger partial charge in [0.05, 0.1) is 6.61 Å². The van der Waals surface area contributed by atoms with Crippen molar-refractivity contribution >= 4 is 5.91 Å². The molecule has 0 aliphatic carbocycles. The van der Waals surface area contributed by atoms with E-state index >= 15 is 0 Å². The van der Waals surface area contributed by atoms with E-state index in [0.29, 0.717) is 36.0 Å². The van der Waals surface area contributed by atoms with Crippen molar-refractivity contribution in [3.05, 3.63) is 53.8 Å². The number of ether oxygens (including phenoxy) is 3. The molecular formula is C20H20FNO4. The number of hydrogen-bond donors (Lipinski definition) is 0. The Balaban J connectivity index is 1.37. The van der Waals surface area contributed by atoms with Crippen LogP contribution in [0.25, 0.3) is 0 Å². The third-order valence-corrected chi connectivity index (χ3v) is 4.73. The van der Waals surface area contributed by atoms with E-state index in [1.54, 1.807) is 30.3 Å². The van der Waals surface area contributed by atoms with Crippen molar-refractivity contribution in [3.63, 3.8) is 0 Å². The lowest BCUT2D eigenvalue weighted by atomic mass is 9.98. The molecule has 0 aromatic heterocycles. The van der Waals surface area contributed by atoms with Crippen molar-refractivity contribution in [3.8, 4) is 17.2 Å². The lowest BCUT2D eigenvalue weighted by Gasteiger charge is -2.32. The van der Waals surface area contributed by atoms with Gasteiger partial charge < -0.3 is 19.1 Å². The summed E-state index contributed by atoms with van der Waals surface area (Å²) >= 11 is 0. The van der Waals surface area contributed by atoms with Crippen LogP contribution in [-0.2, 0) is 0 Å². The van der Waals surface area contributed by atoms with Crippen LogP contribution in [0.4, 0.5) is 4.39 Å². The molecule has 2 aliphatic rings. The van der Waals surface area contributed by atoms with Crippen LogP contribution < -0.4 is 14.2 Å². The van der Waals surface area contributed by atoms with Crippen molar-refractivity contribution < 1.29 is 23.4 Å². The number of likely N-dealkylation sites (tertiary alicyclic amines) is 1. The predicted octanol–water partition coefficient (Wildman–Crippen LogP) is 3.49. The second-order valence-corrected chi connectivity index (χ2v) is 6.59. The Kier molecular flexibility index (Phi) is 4.65. The Hall–Kier alpha value is -2.76. The minimum atomic E-state index is -0.282. The summed E-state index contributed by atoms with van der Waals surface area (Å²) in [6.45, 7) is 2.09. The first kappa shape index (κ1) is 16.7. The van der Waals surface area contributed by atoms with Crippen LogP contribution in [0.2, 0.25) is 0 Å². The van der Waals surface area contributed by atoms with E-state index in [-0.39, 0.29) is 24.4 Å². The van der Waals surface area contributed by atoms with Crippen LogP contribution in [0.3, 0.4) is 0 Å². The Morgan fingerprint density at radius 3 is 2.81 bits per heavy atom. The largest absolute Gasteiger partial charge is 0.493 e. The number of hydrogen-bond acceptors (Lipinski definition) is 4. The van der Waals surface area contributed by atoms with Crippen molar-refractivity contribution in [1.82, 2.24) is 4.90 Å². The quantitative estimate of drug-likeness (QED) is 0.841. The van der Waals surface area contributed by atoms with Gasteiger partial charge in [0.1, 0.15) is 11.6 Å². The monoisotopic (exact) mass is 357 g/mol. The summed E-state index contributed by atoms with van der Waals surface area (Å²) in [4.78, 5) is 14.7. The molecule has 136 valence electrons. The Labute approximate surface area is 151 Å². The van der Waals surface area contributed by atoms with E-state index in [2.05, 4.69) is 0 Å². The first-order chi connectivity index (χ1) is 12.7. The molecule has 1 atom stereocenters. The van der Waals surface area contributed by atoms with E-state index in [1.165, 1.54) is 12.1 Å². The Morgan fingerprint density at radius 1 is 1.15 bits per heavy atom. The normalized spacial score (nSPS) is 18.7.